The molecule has 13 heteroatoms. The molecule has 33 heavy (non-hydrogen) atoms. The highest BCUT2D eigenvalue weighted by Gasteiger charge is 2.18. The fourth-order valence-corrected chi connectivity index (χ4v) is 4.71. The minimum absolute atomic E-state index is 0.0200. The molecule has 1 heterocycles. The summed E-state index contributed by atoms with van der Waals surface area (Å²) in [7, 11) is 3.10. The van der Waals surface area contributed by atoms with E-state index in [0.29, 0.717) is 37.1 Å². The van der Waals surface area contributed by atoms with Crippen LogP contribution in [0.3, 0.4) is 0 Å². The van der Waals surface area contributed by atoms with Gasteiger partial charge in [0.05, 0.1) is 6.20 Å². The molecule has 3 amide bonds. The van der Waals surface area contributed by atoms with Gasteiger partial charge in [0.25, 0.3) is 5.56 Å². The summed E-state index contributed by atoms with van der Waals surface area (Å²) >= 11 is 0. The monoisotopic (exact) mass is 503 g/mol. The molecule has 184 valence electrons. The fourth-order valence-electron chi connectivity index (χ4n) is 2.90. The first-order valence-electron chi connectivity index (χ1n) is 10.9. The summed E-state index contributed by atoms with van der Waals surface area (Å²) in [5.74, 6) is 0.352. The van der Waals surface area contributed by atoms with Crippen LogP contribution in [0.2, 0.25) is 0 Å². The maximum Gasteiger partial charge on any atom is 0.328 e. The standard InChI is InChI=1S/C20H30FN5O5S2/c21-15-13-26(20(31)25-19(15)30)9-6-18(29)23-8-11-33-32-10-7-22-16(27)4-5-17(28)24-12-14-2-1-3-14/h13-14H,1-12H2,(H,22,27)(H,23,29)(H,24,28)(H,25,30,31). The Balaban J connectivity index is 1.41. The number of carbonyl (C=O) groups is 3. The molecule has 2 rings (SSSR count). The van der Waals surface area contributed by atoms with Crippen LogP contribution in [0.25, 0.3) is 0 Å². The van der Waals surface area contributed by atoms with Gasteiger partial charge in [0.2, 0.25) is 23.5 Å². The van der Waals surface area contributed by atoms with Crippen LogP contribution in [0, 0.1) is 11.7 Å². The molecule has 1 aliphatic rings. The Labute approximate surface area is 198 Å². The molecule has 1 aliphatic carbocycles. The highest BCUT2D eigenvalue weighted by atomic mass is 33.1. The maximum atomic E-state index is 13.2. The number of hydrogen-bond donors (Lipinski definition) is 4. The topological polar surface area (TPSA) is 142 Å². The maximum absolute atomic E-state index is 13.2. The molecule has 0 bridgehead atoms. The van der Waals surface area contributed by atoms with Crippen molar-refractivity contribution in [1.29, 1.82) is 0 Å². The van der Waals surface area contributed by atoms with Crippen LogP contribution < -0.4 is 27.2 Å². The molecule has 4 N–H and O–H groups in total. The number of nitrogens with one attached hydrogen (secondary N) is 4. The Morgan fingerprint density at radius 1 is 0.970 bits per heavy atom. The first-order chi connectivity index (χ1) is 15.8. The van der Waals surface area contributed by atoms with Gasteiger partial charge in [-0.25, -0.2) is 4.79 Å². The number of nitrogens with zero attached hydrogens (tertiary/aromatic N) is 1. The van der Waals surface area contributed by atoms with Gasteiger partial charge in [0.15, 0.2) is 0 Å². The molecule has 1 aromatic heterocycles. The van der Waals surface area contributed by atoms with E-state index >= 15 is 0 Å². The summed E-state index contributed by atoms with van der Waals surface area (Å²) in [5, 5.41) is 8.34. The van der Waals surface area contributed by atoms with Gasteiger partial charge in [0, 0.05) is 56.9 Å². The number of aryl methyl sites for hydroxylation is 1. The normalized spacial score (nSPS) is 13.2. The number of H-pyrrole nitrogens is 1. The van der Waals surface area contributed by atoms with Crippen molar-refractivity contribution in [3.8, 4) is 0 Å². The highest BCUT2D eigenvalue weighted by molar-refractivity contribution is 8.76. The zero-order valence-corrected chi connectivity index (χ0v) is 20.0. The number of aromatic nitrogens is 2. The molecule has 1 saturated carbocycles. The number of amides is 3. The van der Waals surface area contributed by atoms with Crippen LogP contribution >= 0.6 is 21.6 Å². The number of carbonyl (C=O) groups excluding carboxylic acids is 3. The van der Waals surface area contributed by atoms with Gasteiger partial charge in [0.1, 0.15) is 0 Å². The van der Waals surface area contributed by atoms with Crippen molar-refractivity contribution in [1.82, 2.24) is 25.5 Å². The van der Waals surface area contributed by atoms with Gasteiger partial charge in [-0.05, 0) is 18.8 Å². The zero-order valence-electron chi connectivity index (χ0n) is 18.3. The summed E-state index contributed by atoms with van der Waals surface area (Å²) in [6.07, 6.45) is 4.72. The summed E-state index contributed by atoms with van der Waals surface area (Å²) < 4.78 is 14.1. The fraction of sp³-hybridized carbons (Fsp3) is 0.650. The molecule has 0 aliphatic heterocycles. The van der Waals surface area contributed by atoms with Crippen molar-refractivity contribution in [3.05, 3.63) is 32.9 Å². The Bertz CT molecular complexity index is 919. The quantitative estimate of drug-likeness (QED) is 0.200. The van der Waals surface area contributed by atoms with Gasteiger partial charge in [-0.1, -0.05) is 28.0 Å². The lowest BCUT2D eigenvalue weighted by atomic mass is 9.85. The van der Waals surface area contributed by atoms with Crippen LogP contribution in [0.5, 0.6) is 0 Å². The Hall–Kier alpha value is -2.28. The first-order valence-corrected chi connectivity index (χ1v) is 13.4. The van der Waals surface area contributed by atoms with E-state index in [9.17, 15) is 28.4 Å². The van der Waals surface area contributed by atoms with Crippen LogP contribution in [-0.2, 0) is 20.9 Å². The van der Waals surface area contributed by atoms with Crippen molar-refractivity contribution < 1.29 is 18.8 Å². The number of aromatic amines is 1. The largest absolute Gasteiger partial charge is 0.356 e. The predicted octanol–water partition coefficient (Wildman–Crippen LogP) is 0.376. The molecule has 0 atom stereocenters. The van der Waals surface area contributed by atoms with Crippen LogP contribution in [-0.4, -0.2) is 58.4 Å². The zero-order chi connectivity index (χ0) is 24.1. The molecule has 0 spiro atoms. The molecule has 1 aromatic rings. The van der Waals surface area contributed by atoms with E-state index in [-0.39, 0.29) is 43.5 Å². The van der Waals surface area contributed by atoms with Crippen LogP contribution in [0.4, 0.5) is 4.39 Å². The molecular formula is C20H30FN5O5S2. The van der Waals surface area contributed by atoms with Crippen LogP contribution in [0.15, 0.2) is 15.8 Å². The van der Waals surface area contributed by atoms with Gasteiger partial charge in [-0.2, -0.15) is 4.39 Å². The molecular weight excluding hydrogens is 473 g/mol. The van der Waals surface area contributed by atoms with E-state index in [4.69, 9.17) is 0 Å². The Morgan fingerprint density at radius 2 is 1.55 bits per heavy atom. The van der Waals surface area contributed by atoms with Gasteiger partial charge in [-0.15, -0.1) is 0 Å². The number of hydrogen-bond acceptors (Lipinski definition) is 7. The predicted molar refractivity (Wildman–Crippen MR) is 126 cm³/mol. The first kappa shape index (κ1) is 27.0. The second-order valence-electron chi connectivity index (χ2n) is 7.62. The summed E-state index contributed by atoms with van der Waals surface area (Å²) in [6, 6.07) is 0. The average Bonchev–Trinajstić information content (AvgIpc) is 2.74. The summed E-state index contributed by atoms with van der Waals surface area (Å²) in [5.41, 5.74) is -1.85. The average molecular weight is 504 g/mol. The third-order valence-electron chi connectivity index (χ3n) is 5.04. The van der Waals surface area contributed by atoms with E-state index < -0.39 is 17.1 Å². The number of rotatable bonds is 15. The van der Waals surface area contributed by atoms with E-state index in [1.165, 1.54) is 19.3 Å². The highest BCUT2D eigenvalue weighted by Crippen LogP contribution is 2.25. The Kier molecular flexibility index (Phi) is 12.1. The van der Waals surface area contributed by atoms with E-state index in [2.05, 4.69) is 16.0 Å². The summed E-state index contributed by atoms with van der Waals surface area (Å²) in [6.45, 7) is 1.59. The van der Waals surface area contributed by atoms with Crippen molar-refractivity contribution in [2.45, 2.75) is 45.1 Å². The van der Waals surface area contributed by atoms with Gasteiger partial charge in [-0.3, -0.25) is 28.7 Å². The van der Waals surface area contributed by atoms with Crippen molar-refractivity contribution in [3.63, 3.8) is 0 Å². The minimum atomic E-state index is -1.09. The SMILES string of the molecule is O=C(CCC(=O)NCC1CCC1)NCCSSCCNC(=O)CCn1cc(F)c(=O)[nH]c1=O. The molecule has 0 unspecified atom stereocenters. The smallest absolute Gasteiger partial charge is 0.328 e. The van der Waals surface area contributed by atoms with Crippen LogP contribution in [0.1, 0.15) is 38.5 Å². The number of halogens is 1. The van der Waals surface area contributed by atoms with E-state index in [1.807, 2.05) is 4.98 Å². The summed E-state index contributed by atoms with van der Waals surface area (Å²) in [4.78, 5) is 59.6. The second-order valence-corrected chi connectivity index (χ2v) is 10.3. The lowest BCUT2D eigenvalue weighted by Crippen LogP contribution is -2.33. The molecule has 0 radical (unpaired) electrons. The second kappa shape index (κ2) is 14.8. The minimum Gasteiger partial charge on any atom is -0.356 e. The molecule has 1 fully saturated rings. The lowest BCUT2D eigenvalue weighted by molar-refractivity contribution is -0.126. The van der Waals surface area contributed by atoms with Gasteiger partial charge < -0.3 is 16.0 Å². The van der Waals surface area contributed by atoms with Crippen molar-refractivity contribution in [2.75, 3.05) is 31.1 Å². The van der Waals surface area contributed by atoms with Crippen molar-refractivity contribution >= 4 is 39.3 Å². The lowest BCUT2D eigenvalue weighted by Gasteiger charge is -2.25. The third kappa shape index (κ3) is 10.9. The molecule has 0 aromatic carbocycles. The Morgan fingerprint density at radius 3 is 2.12 bits per heavy atom. The van der Waals surface area contributed by atoms with E-state index in [1.54, 1.807) is 21.6 Å². The molecule has 10 nitrogen and oxygen atoms in total. The van der Waals surface area contributed by atoms with E-state index in [0.717, 1.165) is 10.8 Å². The van der Waals surface area contributed by atoms with Gasteiger partial charge >= 0.3 is 5.69 Å². The molecule has 0 saturated heterocycles. The van der Waals surface area contributed by atoms with Crippen molar-refractivity contribution in [2.24, 2.45) is 5.92 Å². The third-order valence-corrected chi connectivity index (χ3v) is 7.45.